The molecule has 3 rings (SSSR count). The predicted molar refractivity (Wildman–Crippen MR) is 101 cm³/mol. The second-order valence-electron chi connectivity index (χ2n) is 6.74. The van der Waals surface area contributed by atoms with Crippen LogP contribution in [0.2, 0.25) is 5.02 Å². The molecule has 25 heavy (non-hydrogen) atoms. The van der Waals surface area contributed by atoms with Crippen LogP contribution in [0.25, 0.3) is 0 Å². The van der Waals surface area contributed by atoms with Gasteiger partial charge in [-0.15, -0.1) is 0 Å². The van der Waals surface area contributed by atoms with Crippen LogP contribution in [0.15, 0.2) is 36.4 Å². The van der Waals surface area contributed by atoms with Gasteiger partial charge in [0.15, 0.2) is 0 Å². The van der Waals surface area contributed by atoms with Crippen molar-refractivity contribution in [1.82, 2.24) is 0 Å². The minimum absolute atomic E-state index is 0.264. The Morgan fingerprint density at radius 1 is 0.960 bits per heavy atom. The van der Waals surface area contributed by atoms with Crippen molar-refractivity contribution in [1.29, 1.82) is 0 Å². The fourth-order valence-electron chi connectivity index (χ4n) is 2.94. The molecule has 2 amide bonds. The van der Waals surface area contributed by atoms with Crippen LogP contribution in [0.1, 0.15) is 29.5 Å². The van der Waals surface area contributed by atoms with Crippen LogP contribution in [-0.4, -0.2) is 11.8 Å². The lowest BCUT2D eigenvalue weighted by molar-refractivity contribution is -0.131. The summed E-state index contributed by atoms with van der Waals surface area (Å²) in [5.74, 6) is -0.562. The number of carbonyl (C=O) groups is 2. The fourth-order valence-corrected chi connectivity index (χ4v) is 3.31. The number of aryl methyl sites for hydroxylation is 3. The monoisotopic (exact) mass is 356 g/mol. The first kappa shape index (κ1) is 17.5. The Labute approximate surface area is 152 Å². The van der Waals surface area contributed by atoms with Gasteiger partial charge in [-0.3, -0.25) is 9.59 Å². The summed E-state index contributed by atoms with van der Waals surface area (Å²) in [5.41, 5.74) is 3.17. The maximum absolute atomic E-state index is 12.8. The molecule has 1 aliphatic carbocycles. The highest BCUT2D eigenvalue weighted by molar-refractivity contribution is 6.34. The molecule has 2 aromatic rings. The van der Waals surface area contributed by atoms with Gasteiger partial charge in [-0.25, -0.2) is 0 Å². The lowest BCUT2D eigenvalue weighted by Gasteiger charge is -2.18. The fraction of sp³-hybridized carbons (Fsp3) is 0.300. The average Bonchev–Trinajstić information content (AvgIpc) is 3.34. The predicted octanol–water partition coefficient (Wildman–Crippen LogP) is 4.62. The van der Waals surface area contributed by atoms with Gasteiger partial charge in [0.25, 0.3) is 0 Å². The SMILES string of the molecule is Cc1cc(C)c(NC(=O)C2(C(=O)Nc3ccccc3C)CC2)c(Cl)c1. The minimum Gasteiger partial charge on any atom is -0.325 e. The Morgan fingerprint density at radius 2 is 1.60 bits per heavy atom. The molecule has 1 fully saturated rings. The topological polar surface area (TPSA) is 58.2 Å². The summed E-state index contributed by atoms with van der Waals surface area (Å²) < 4.78 is 0. The molecule has 5 heteroatoms. The molecular formula is C20H21ClN2O2. The molecule has 0 atom stereocenters. The van der Waals surface area contributed by atoms with E-state index in [4.69, 9.17) is 11.6 Å². The third-order valence-electron chi connectivity index (χ3n) is 4.68. The van der Waals surface area contributed by atoms with Crippen molar-refractivity contribution in [2.24, 2.45) is 5.41 Å². The molecule has 0 aliphatic heterocycles. The number of anilines is 2. The molecule has 0 heterocycles. The number of hydrogen-bond donors (Lipinski definition) is 2. The first-order valence-corrected chi connectivity index (χ1v) is 8.66. The van der Waals surface area contributed by atoms with E-state index in [0.29, 0.717) is 23.6 Å². The van der Waals surface area contributed by atoms with Crippen molar-refractivity contribution in [3.63, 3.8) is 0 Å². The molecule has 2 N–H and O–H groups in total. The van der Waals surface area contributed by atoms with Crippen LogP contribution in [0, 0.1) is 26.2 Å². The maximum Gasteiger partial charge on any atom is 0.240 e. The van der Waals surface area contributed by atoms with Crippen molar-refractivity contribution >= 4 is 34.8 Å². The third-order valence-corrected chi connectivity index (χ3v) is 4.98. The first-order valence-electron chi connectivity index (χ1n) is 8.29. The van der Waals surface area contributed by atoms with Gasteiger partial charge in [-0.1, -0.05) is 35.9 Å². The van der Waals surface area contributed by atoms with E-state index in [1.54, 1.807) is 6.07 Å². The van der Waals surface area contributed by atoms with Crippen molar-refractivity contribution < 1.29 is 9.59 Å². The zero-order chi connectivity index (χ0) is 18.2. The lowest BCUT2D eigenvalue weighted by Crippen LogP contribution is -2.36. The second kappa shape index (κ2) is 6.52. The van der Waals surface area contributed by atoms with Gasteiger partial charge in [0.05, 0.1) is 10.7 Å². The smallest absolute Gasteiger partial charge is 0.240 e. The zero-order valence-corrected chi connectivity index (χ0v) is 15.3. The van der Waals surface area contributed by atoms with Gasteiger partial charge in [0.1, 0.15) is 5.41 Å². The van der Waals surface area contributed by atoms with E-state index in [-0.39, 0.29) is 11.8 Å². The van der Waals surface area contributed by atoms with E-state index < -0.39 is 5.41 Å². The van der Waals surface area contributed by atoms with E-state index >= 15 is 0 Å². The van der Waals surface area contributed by atoms with Gasteiger partial charge < -0.3 is 10.6 Å². The van der Waals surface area contributed by atoms with Gasteiger partial charge in [0, 0.05) is 5.69 Å². The van der Waals surface area contributed by atoms with E-state index in [0.717, 1.165) is 22.4 Å². The van der Waals surface area contributed by atoms with Crippen LogP contribution >= 0.6 is 11.6 Å². The molecule has 0 spiro atoms. The molecule has 1 saturated carbocycles. The zero-order valence-electron chi connectivity index (χ0n) is 14.6. The normalized spacial score (nSPS) is 14.7. The molecule has 0 radical (unpaired) electrons. The number of hydrogen-bond acceptors (Lipinski definition) is 2. The van der Waals surface area contributed by atoms with Crippen molar-refractivity contribution in [2.45, 2.75) is 33.6 Å². The summed E-state index contributed by atoms with van der Waals surface area (Å²) >= 11 is 6.26. The van der Waals surface area contributed by atoms with E-state index in [9.17, 15) is 9.59 Å². The summed E-state index contributed by atoms with van der Waals surface area (Å²) in [6.07, 6.45) is 1.08. The van der Waals surface area contributed by atoms with Crippen LogP contribution in [0.5, 0.6) is 0 Å². The Bertz CT molecular complexity index is 834. The Morgan fingerprint density at radius 3 is 2.20 bits per heavy atom. The average molecular weight is 357 g/mol. The van der Waals surface area contributed by atoms with Crippen molar-refractivity contribution in [2.75, 3.05) is 10.6 Å². The number of para-hydroxylation sites is 1. The molecule has 2 aromatic carbocycles. The number of nitrogens with one attached hydrogen (secondary N) is 2. The number of halogens is 1. The van der Waals surface area contributed by atoms with Crippen LogP contribution in [0.4, 0.5) is 11.4 Å². The molecular weight excluding hydrogens is 336 g/mol. The molecule has 0 aromatic heterocycles. The minimum atomic E-state index is -1.01. The maximum atomic E-state index is 12.8. The molecule has 130 valence electrons. The standard InChI is InChI=1S/C20H21ClN2O2/c1-12-10-14(3)17(15(21)11-12)23-19(25)20(8-9-20)18(24)22-16-7-5-4-6-13(16)2/h4-7,10-11H,8-9H2,1-3H3,(H,22,24)(H,23,25). The summed E-state index contributed by atoms with van der Waals surface area (Å²) in [6, 6.07) is 11.3. The van der Waals surface area contributed by atoms with Crippen LogP contribution in [0.3, 0.4) is 0 Å². The summed E-state index contributed by atoms with van der Waals surface area (Å²) in [5, 5.41) is 6.23. The number of rotatable bonds is 4. The number of benzene rings is 2. The highest BCUT2D eigenvalue weighted by atomic mass is 35.5. The van der Waals surface area contributed by atoms with Crippen molar-refractivity contribution in [3.8, 4) is 0 Å². The van der Waals surface area contributed by atoms with E-state index in [2.05, 4.69) is 10.6 Å². The van der Waals surface area contributed by atoms with Gasteiger partial charge in [0.2, 0.25) is 11.8 Å². The number of amides is 2. The lowest BCUT2D eigenvalue weighted by atomic mass is 10.0. The molecule has 4 nitrogen and oxygen atoms in total. The highest BCUT2D eigenvalue weighted by Gasteiger charge is 2.56. The number of carbonyl (C=O) groups excluding carboxylic acids is 2. The molecule has 0 bridgehead atoms. The van der Waals surface area contributed by atoms with Crippen LogP contribution < -0.4 is 10.6 Å². The Kier molecular flexibility index (Phi) is 4.56. The van der Waals surface area contributed by atoms with Gasteiger partial charge in [-0.2, -0.15) is 0 Å². The largest absolute Gasteiger partial charge is 0.325 e. The first-order chi connectivity index (χ1) is 11.8. The Balaban J connectivity index is 1.78. The van der Waals surface area contributed by atoms with E-state index in [1.807, 2.05) is 51.1 Å². The Hall–Kier alpha value is -2.33. The van der Waals surface area contributed by atoms with Gasteiger partial charge >= 0.3 is 0 Å². The summed E-state index contributed by atoms with van der Waals surface area (Å²) in [7, 11) is 0. The quantitative estimate of drug-likeness (QED) is 0.785. The highest BCUT2D eigenvalue weighted by Crippen LogP contribution is 2.48. The van der Waals surface area contributed by atoms with Gasteiger partial charge in [-0.05, 0) is 62.4 Å². The summed E-state index contributed by atoms with van der Waals surface area (Å²) in [4.78, 5) is 25.5. The molecule has 1 aliphatic rings. The molecule has 0 unspecified atom stereocenters. The molecule has 0 saturated heterocycles. The van der Waals surface area contributed by atoms with Crippen LogP contribution in [-0.2, 0) is 9.59 Å². The second-order valence-corrected chi connectivity index (χ2v) is 7.15. The van der Waals surface area contributed by atoms with E-state index in [1.165, 1.54) is 0 Å². The summed E-state index contributed by atoms with van der Waals surface area (Å²) in [6.45, 7) is 5.76. The third kappa shape index (κ3) is 3.40. The van der Waals surface area contributed by atoms with Crippen molar-refractivity contribution in [3.05, 3.63) is 58.1 Å².